The second kappa shape index (κ2) is 8.48. The van der Waals surface area contributed by atoms with Gasteiger partial charge in [-0.3, -0.25) is 13.9 Å². The van der Waals surface area contributed by atoms with Crippen molar-refractivity contribution in [1.82, 2.24) is 5.32 Å². The van der Waals surface area contributed by atoms with Gasteiger partial charge in [-0.15, -0.1) is 0 Å². The molecular weight excluding hydrogens is 354 g/mol. The van der Waals surface area contributed by atoms with Crippen LogP contribution >= 0.6 is 0 Å². The van der Waals surface area contributed by atoms with Crippen LogP contribution in [0.15, 0.2) is 54.6 Å². The molecule has 138 valence electrons. The van der Waals surface area contributed by atoms with E-state index in [9.17, 15) is 18.0 Å². The number of carbonyl (C=O) groups excluding carboxylic acids is 2. The van der Waals surface area contributed by atoms with Crippen molar-refractivity contribution in [3.05, 3.63) is 60.2 Å². The van der Waals surface area contributed by atoms with Crippen molar-refractivity contribution in [1.29, 1.82) is 0 Å². The van der Waals surface area contributed by atoms with Crippen molar-refractivity contribution < 1.29 is 18.0 Å². The monoisotopic (exact) mass is 375 g/mol. The minimum absolute atomic E-state index is 0.0704. The molecule has 2 aromatic rings. The molecule has 0 aromatic heterocycles. The lowest BCUT2D eigenvalue weighted by Crippen LogP contribution is -2.38. The lowest BCUT2D eigenvalue weighted by molar-refractivity contribution is -0.114. The van der Waals surface area contributed by atoms with Crippen molar-refractivity contribution in [3.63, 3.8) is 0 Å². The molecule has 2 aromatic carbocycles. The zero-order valence-corrected chi connectivity index (χ0v) is 15.4. The van der Waals surface area contributed by atoms with E-state index in [1.165, 1.54) is 11.2 Å². The second-order valence-corrected chi connectivity index (χ2v) is 7.60. The molecule has 0 heterocycles. The van der Waals surface area contributed by atoms with Gasteiger partial charge in [-0.05, 0) is 30.3 Å². The highest BCUT2D eigenvalue weighted by Crippen LogP contribution is 2.21. The highest BCUT2D eigenvalue weighted by atomic mass is 32.2. The molecule has 26 heavy (non-hydrogen) atoms. The van der Waals surface area contributed by atoms with E-state index in [1.807, 2.05) is 6.07 Å². The molecular formula is C18H21N3O4S. The van der Waals surface area contributed by atoms with Crippen molar-refractivity contribution in [3.8, 4) is 0 Å². The van der Waals surface area contributed by atoms with Gasteiger partial charge in [0.15, 0.2) is 0 Å². The molecule has 2 rings (SSSR count). The van der Waals surface area contributed by atoms with Crippen LogP contribution in [-0.4, -0.2) is 39.6 Å². The third-order valence-corrected chi connectivity index (χ3v) is 4.69. The number of anilines is 2. The average Bonchev–Trinajstić information content (AvgIpc) is 2.58. The molecule has 0 aliphatic rings. The SMILES string of the molecule is CC(=O)Nc1cccc(N(CCNC(=O)c2ccccc2)S(C)(=O)=O)c1. The molecule has 8 heteroatoms. The fourth-order valence-electron chi connectivity index (χ4n) is 2.39. The van der Waals surface area contributed by atoms with Gasteiger partial charge in [0, 0.05) is 24.7 Å². The summed E-state index contributed by atoms with van der Waals surface area (Å²) in [5.74, 6) is -0.519. The summed E-state index contributed by atoms with van der Waals surface area (Å²) in [5, 5.41) is 5.32. The van der Waals surface area contributed by atoms with Crippen LogP contribution in [0.4, 0.5) is 11.4 Å². The summed E-state index contributed by atoms with van der Waals surface area (Å²) in [6, 6.07) is 15.2. The number of benzene rings is 2. The van der Waals surface area contributed by atoms with E-state index in [1.54, 1.807) is 48.5 Å². The van der Waals surface area contributed by atoms with Crippen molar-refractivity contribution in [2.45, 2.75) is 6.92 Å². The van der Waals surface area contributed by atoms with Crippen LogP contribution in [0.3, 0.4) is 0 Å². The van der Waals surface area contributed by atoms with Crippen LogP contribution in [-0.2, 0) is 14.8 Å². The van der Waals surface area contributed by atoms with Crippen molar-refractivity contribution in [2.75, 3.05) is 29.0 Å². The quantitative estimate of drug-likeness (QED) is 0.772. The predicted octanol–water partition coefficient (Wildman–Crippen LogP) is 1.84. The average molecular weight is 375 g/mol. The van der Waals surface area contributed by atoms with Gasteiger partial charge in [-0.25, -0.2) is 8.42 Å². The van der Waals surface area contributed by atoms with Crippen molar-refractivity contribution in [2.24, 2.45) is 0 Å². The Morgan fingerprint density at radius 2 is 1.73 bits per heavy atom. The Labute approximate surface area is 153 Å². The molecule has 0 saturated heterocycles. The molecule has 0 aliphatic heterocycles. The van der Waals surface area contributed by atoms with E-state index in [2.05, 4.69) is 10.6 Å². The first-order chi connectivity index (χ1) is 12.3. The molecule has 0 fully saturated rings. The molecule has 0 atom stereocenters. The highest BCUT2D eigenvalue weighted by molar-refractivity contribution is 7.92. The summed E-state index contributed by atoms with van der Waals surface area (Å²) >= 11 is 0. The fraction of sp³-hybridized carbons (Fsp3) is 0.222. The van der Waals surface area contributed by atoms with E-state index < -0.39 is 10.0 Å². The summed E-state index contributed by atoms with van der Waals surface area (Å²) < 4.78 is 25.5. The first-order valence-corrected chi connectivity index (χ1v) is 9.81. The standard InChI is InChI=1S/C18H21N3O4S/c1-14(22)20-16-9-6-10-17(13-16)21(26(2,24)25)12-11-19-18(23)15-7-4-3-5-8-15/h3-10,13H,11-12H2,1-2H3,(H,19,23)(H,20,22). The summed E-state index contributed by atoms with van der Waals surface area (Å²) in [7, 11) is -3.56. The predicted molar refractivity (Wildman–Crippen MR) is 102 cm³/mol. The maximum absolute atomic E-state index is 12.1. The van der Waals surface area contributed by atoms with Crippen LogP contribution in [0, 0.1) is 0 Å². The summed E-state index contributed by atoms with van der Waals surface area (Å²) in [5.41, 5.74) is 1.41. The smallest absolute Gasteiger partial charge is 0.251 e. The minimum Gasteiger partial charge on any atom is -0.350 e. The van der Waals surface area contributed by atoms with Gasteiger partial charge >= 0.3 is 0 Å². The van der Waals surface area contributed by atoms with Crippen LogP contribution in [0.2, 0.25) is 0 Å². The highest BCUT2D eigenvalue weighted by Gasteiger charge is 2.18. The Hall–Kier alpha value is -2.87. The molecule has 0 aliphatic carbocycles. The van der Waals surface area contributed by atoms with Crippen LogP contribution < -0.4 is 14.9 Å². The van der Waals surface area contributed by atoms with Crippen molar-refractivity contribution >= 4 is 33.2 Å². The van der Waals surface area contributed by atoms with E-state index in [0.717, 1.165) is 6.26 Å². The molecule has 0 spiro atoms. The summed E-state index contributed by atoms with van der Waals surface area (Å²) in [4.78, 5) is 23.2. The lowest BCUT2D eigenvalue weighted by atomic mass is 10.2. The number of hydrogen-bond acceptors (Lipinski definition) is 4. The largest absolute Gasteiger partial charge is 0.350 e. The Morgan fingerprint density at radius 3 is 2.35 bits per heavy atom. The van der Waals surface area contributed by atoms with Gasteiger partial charge in [-0.1, -0.05) is 24.3 Å². The van der Waals surface area contributed by atoms with E-state index in [4.69, 9.17) is 0 Å². The normalized spacial score (nSPS) is 10.8. The first kappa shape index (κ1) is 19.5. The van der Waals surface area contributed by atoms with Gasteiger partial charge in [0.25, 0.3) is 5.91 Å². The van der Waals surface area contributed by atoms with Gasteiger partial charge in [0.1, 0.15) is 0 Å². The molecule has 0 saturated carbocycles. The topological polar surface area (TPSA) is 95.6 Å². The zero-order valence-electron chi connectivity index (χ0n) is 14.6. The third-order valence-electron chi connectivity index (χ3n) is 3.49. The number of sulfonamides is 1. The Kier molecular flexibility index (Phi) is 6.35. The minimum atomic E-state index is -3.56. The van der Waals surface area contributed by atoms with E-state index in [-0.39, 0.29) is 24.9 Å². The second-order valence-electron chi connectivity index (χ2n) is 5.69. The lowest BCUT2D eigenvalue weighted by Gasteiger charge is -2.23. The number of nitrogens with one attached hydrogen (secondary N) is 2. The third kappa shape index (κ3) is 5.59. The number of amides is 2. The number of carbonyl (C=O) groups is 2. The van der Waals surface area contributed by atoms with Crippen LogP contribution in [0.25, 0.3) is 0 Å². The first-order valence-electron chi connectivity index (χ1n) is 7.96. The Balaban J connectivity index is 2.09. The molecule has 2 N–H and O–H groups in total. The number of rotatable bonds is 7. The Morgan fingerprint density at radius 1 is 1.04 bits per heavy atom. The van der Waals surface area contributed by atoms with E-state index in [0.29, 0.717) is 16.9 Å². The van der Waals surface area contributed by atoms with E-state index >= 15 is 0 Å². The van der Waals surface area contributed by atoms with Gasteiger partial charge in [-0.2, -0.15) is 0 Å². The van der Waals surface area contributed by atoms with Gasteiger partial charge < -0.3 is 10.6 Å². The van der Waals surface area contributed by atoms with Gasteiger partial charge in [0.2, 0.25) is 15.9 Å². The summed E-state index contributed by atoms with van der Waals surface area (Å²) in [6.45, 7) is 1.59. The Bertz CT molecular complexity index is 882. The molecule has 2 amide bonds. The molecule has 0 bridgehead atoms. The zero-order chi connectivity index (χ0) is 19.2. The van der Waals surface area contributed by atoms with Gasteiger partial charge in [0.05, 0.1) is 18.5 Å². The maximum atomic E-state index is 12.1. The maximum Gasteiger partial charge on any atom is 0.251 e. The molecule has 0 radical (unpaired) electrons. The van der Waals surface area contributed by atoms with Crippen LogP contribution in [0.5, 0.6) is 0 Å². The summed E-state index contributed by atoms with van der Waals surface area (Å²) in [6.07, 6.45) is 1.09. The van der Waals surface area contributed by atoms with Crippen LogP contribution in [0.1, 0.15) is 17.3 Å². The fourth-order valence-corrected chi connectivity index (χ4v) is 3.31. The number of nitrogens with zero attached hydrogens (tertiary/aromatic N) is 1. The molecule has 0 unspecified atom stereocenters. The number of hydrogen-bond donors (Lipinski definition) is 2. The molecule has 7 nitrogen and oxygen atoms in total.